The van der Waals surface area contributed by atoms with Crippen molar-refractivity contribution in [1.29, 1.82) is 0 Å². The summed E-state index contributed by atoms with van der Waals surface area (Å²) in [6.07, 6.45) is -0.979. The minimum Gasteiger partial charge on any atom is -0.388 e. The molecule has 0 radical (unpaired) electrons. The third-order valence-corrected chi connectivity index (χ3v) is 2.84. The summed E-state index contributed by atoms with van der Waals surface area (Å²) in [6, 6.07) is 11.1. The lowest BCUT2D eigenvalue weighted by atomic mass is 9.99. The summed E-state index contributed by atoms with van der Waals surface area (Å²) in [7, 11) is 0. The lowest BCUT2D eigenvalue weighted by Gasteiger charge is -2.13. The molecule has 0 amide bonds. The highest BCUT2D eigenvalue weighted by atomic mass is 19.1. The number of hydrogen-bond acceptors (Lipinski definition) is 1. The highest BCUT2D eigenvalue weighted by Gasteiger charge is 2.17. The van der Waals surface area contributed by atoms with Crippen LogP contribution in [0, 0.1) is 18.6 Å². The van der Waals surface area contributed by atoms with Crippen LogP contribution in [-0.2, 0) is 6.42 Å². The van der Waals surface area contributed by atoms with Crippen molar-refractivity contribution in [3.63, 3.8) is 0 Å². The first kappa shape index (κ1) is 12.7. The number of rotatable bonds is 3. The van der Waals surface area contributed by atoms with Gasteiger partial charge in [0, 0.05) is 6.42 Å². The zero-order chi connectivity index (χ0) is 13.1. The molecule has 0 saturated heterocycles. The molecule has 0 aliphatic carbocycles. The molecule has 1 N–H and O–H groups in total. The standard InChI is InChI=1S/C15H14F2O/c1-10-4-2-5-11(8-10)9-14(18)15-12(16)6-3-7-13(15)17/h2-8,14,18H,9H2,1H3. The predicted octanol–water partition coefficient (Wildman–Crippen LogP) is 3.55. The second-order valence-corrected chi connectivity index (χ2v) is 4.34. The molecule has 1 atom stereocenters. The lowest BCUT2D eigenvalue weighted by molar-refractivity contribution is 0.168. The number of aliphatic hydroxyl groups is 1. The Hall–Kier alpha value is -1.74. The quantitative estimate of drug-likeness (QED) is 0.880. The van der Waals surface area contributed by atoms with Crippen molar-refractivity contribution in [3.05, 3.63) is 70.8 Å². The summed E-state index contributed by atoms with van der Waals surface area (Å²) in [5.41, 5.74) is 1.64. The van der Waals surface area contributed by atoms with Crippen LogP contribution in [0.25, 0.3) is 0 Å². The van der Waals surface area contributed by atoms with E-state index in [1.807, 2.05) is 31.2 Å². The number of halogens is 2. The first-order valence-electron chi connectivity index (χ1n) is 5.75. The molecule has 0 fully saturated rings. The Morgan fingerprint density at radius 1 is 1.06 bits per heavy atom. The van der Waals surface area contributed by atoms with Crippen LogP contribution < -0.4 is 0 Å². The fourth-order valence-corrected chi connectivity index (χ4v) is 1.99. The molecular weight excluding hydrogens is 234 g/mol. The minimum atomic E-state index is -1.17. The monoisotopic (exact) mass is 248 g/mol. The number of hydrogen-bond donors (Lipinski definition) is 1. The van der Waals surface area contributed by atoms with E-state index in [1.165, 1.54) is 6.07 Å². The van der Waals surface area contributed by atoms with Crippen molar-refractivity contribution < 1.29 is 13.9 Å². The average molecular weight is 248 g/mol. The van der Waals surface area contributed by atoms with Gasteiger partial charge in [-0.3, -0.25) is 0 Å². The Morgan fingerprint density at radius 2 is 1.67 bits per heavy atom. The Balaban J connectivity index is 2.25. The van der Waals surface area contributed by atoms with Gasteiger partial charge in [0.1, 0.15) is 11.6 Å². The van der Waals surface area contributed by atoms with Gasteiger partial charge in [-0.2, -0.15) is 0 Å². The summed E-state index contributed by atoms with van der Waals surface area (Å²) in [4.78, 5) is 0. The van der Waals surface area contributed by atoms with Crippen LogP contribution in [-0.4, -0.2) is 5.11 Å². The third kappa shape index (κ3) is 2.74. The summed E-state index contributed by atoms with van der Waals surface area (Å²) >= 11 is 0. The van der Waals surface area contributed by atoms with Gasteiger partial charge in [0.25, 0.3) is 0 Å². The SMILES string of the molecule is Cc1cccc(CC(O)c2c(F)cccc2F)c1. The molecule has 2 aromatic rings. The van der Waals surface area contributed by atoms with Crippen LogP contribution in [0.3, 0.4) is 0 Å². The van der Waals surface area contributed by atoms with Crippen LogP contribution in [0.2, 0.25) is 0 Å². The van der Waals surface area contributed by atoms with Crippen LogP contribution >= 0.6 is 0 Å². The van der Waals surface area contributed by atoms with Crippen molar-refractivity contribution in [2.24, 2.45) is 0 Å². The van der Waals surface area contributed by atoms with Crippen molar-refractivity contribution >= 4 is 0 Å². The molecule has 3 heteroatoms. The first-order valence-corrected chi connectivity index (χ1v) is 5.75. The molecule has 94 valence electrons. The average Bonchev–Trinajstić information content (AvgIpc) is 2.28. The van der Waals surface area contributed by atoms with Gasteiger partial charge < -0.3 is 5.11 Å². The largest absolute Gasteiger partial charge is 0.388 e. The second-order valence-electron chi connectivity index (χ2n) is 4.34. The normalized spacial score (nSPS) is 12.4. The van der Waals surface area contributed by atoms with Gasteiger partial charge in [0.15, 0.2) is 0 Å². The lowest BCUT2D eigenvalue weighted by Crippen LogP contribution is -2.07. The molecule has 1 nitrogen and oxygen atoms in total. The van der Waals surface area contributed by atoms with E-state index in [0.717, 1.165) is 23.3 Å². The molecule has 2 aromatic carbocycles. The van der Waals surface area contributed by atoms with Gasteiger partial charge in [-0.05, 0) is 24.6 Å². The van der Waals surface area contributed by atoms with Gasteiger partial charge in [-0.1, -0.05) is 35.9 Å². The highest BCUT2D eigenvalue weighted by molar-refractivity contribution is 5.27. The van der Waals surface area contributed by atoms with Crippen molar-refractivity contribution in [2.45, 2.75) is 19.4 Å². The second kappa shape index (κ2) is 5.27. The summed E-state index contributed by atoms with van der Waals surface area (Å²) in [5, 5.41) is 9.95. The fraction of sp³-hybridized carbons (Fsp3) is 0.200. The van der Waals surface area contributed by atoms with E-state index >= 15 is 0 Å². The summed E-state index contributed by atoms with van der Waals surface area (Å²) in [6.45, 7) is 1.93. The van der Waals surface area contributed by atoms with Crippen molar-refractivity contribution in [2.75, 3.05) is 0 Å². The maximum absolute atomic E-state index is 13.5. The van der Waals surface area contributed by atoms with Gasteiger partial charge in [0.2, 0.25) is 0 Å². The van der Waals surface area contributed by atoms with Gasteiger partial charge in [-0.15, -0.1) is 0 Å². The van der Waals surface area contributed by atoms with Crippen LogP contribution in [0.5, 0.6) is 0 Å². The van der Waals surface area contributed by atoms with Crippen molar-refractivity contribution in [1.82, 2.24) is 0 Å². The fourth-order valence-electron chi connectivity index (χ4n) is 1.99. The Bertz CT molecular complexity index is 532. The molecule has 1 unspecified atom stereocenters. The molecule has 0 spiro atoms. The van der Waals surface area contributed by atoms with E-state index in [-0.39, 0.29) is 12.0 Å². The zero-order valence-corrected chi connectivity index (χ0v) is 10.0. The maximum atomic E-state index is 13.5. The number of aliphatic hydroxyl groups excluding tert-OH is 1. The highest BCUT2D eigenvalue weighted by Crippen LogP contribution is 2.24. The van der Waals surface area contributed by atoms with Gasteiger partial charge in [-0.25, -0.2) is 8.78 Å². The molecule has 0 aromatic heterocycles. The van der Waals surface area contributed by atoms with Crippen molar-refractivity contribution in [3.8, 4) is 0 Å². The van der Waals surface area contributed by atoms with Crippen LogP contribution in [0.1, 0.15) is 22.8 Å². The van der Waals surface area contributed by atoms with E-state index in [2.05, 4.69) is 0 Å². The van der Waals surface area contributed by atoms with Gasteiger partial charge in [0.05, 0.1) is 11.7 Å². The first-order chi connectivity index (χ1) is 8.58. The van der Waals surface area contributed by atoms with E-state index in [4.69, 9.17) is 0 Å². The summed E-state index contributed by atoms with van der Waals surface area (Å²) in [5.74, 6) is -1.43. The summed E-state index contributed by atoms with van der Waals surface area (Å²) < 4.78 is 27.0. The molecular formula is C15H14F2O. The predicted molar refractivity (Wildman–Crippen MR) is 66.2 cm³/mol. The Morgan fingerprint density at radius 3 is 2.28 bits per heavy atom. The molecule has 0 aliphatic rings. The smallest absolute Gasteiger partial charge is 0.131 e. The number of aryl methyl sites for hydroxylation is 1. The maximum Gasteiger partial charge on any atom is 0.131 e. The molecule has 0 bridgehead atoms. The van der Waals surface area contributed by atoms with E-state index in [0.29, 0.717) is 0 Å². The molecule has 2 rings (SSSR count). The van der Waals surface area contributed by atoms with Crippen LogP contribution in [0.4, 0.5) is 8.78 Å². The molecule has 0 aliphatic heterocycles. The Kier molecular flexibility index (Phi) is 3.72. The molecule has 0 heterocycles. The molecule has 0 saturated carbocycles. The molecule has 18 heavy (non-hydrogen) atoms. The van der Waals surface area contributed by atoms with Crippen LogP contribution in [0.15, 0.2) is 42.5 Å². The third-order valence-electron chi connectivity index (χ3n) is 2.84. The zero-order valence-electron chi connectivity index (χ0n) is 10.0. The van der Waals surface area contributed by atoms with E-state index in [1.54, 1.807) is 0 Å². The topological polar surface area (TPSA) is 20.2 Å². The Labute approximate surface area is 105 Å². The minimum absolute atomic E-state index is 0.194. The van der Waals surface area contributed by atoms with E-state index < -0.39 is 17.7 Å². The van der Waals surface area contributed by atoms with Gasteiger partial charge >= 0.3 is 0 Å². The number of benzene rings is 2. The van der Waals surface area contributed by atoms with E-state index in [9.17, 15) is 13.9 Å².